The van der Waals surface area contributed by atoms with Gasteiger partial charge in [-0.05, 0) is 41.1 Å². The molecule has 0 saturated heterocycles. The van der Waals surface area contributed by atoms with E-state index in [2.05, 4.69) is 34.7 Å². The Labute approximate surface area is 161 Å². The molecular formula is C22H20N2O4. The quantitative estimate of drug-likeness (QED) is 0.389. The molecule has 2 aromatic carbocycles. The van der Waals surface area contributed by atoms with Crippen molar-refractivity contribution < 1.29 is 19.8 Å². The maximum absolute atomic E-state index is 10.3. The van der Waals surface area contributed by atoms with Gasteiger partial charge in [0.15, 0.2) is 0 Å². The van der Waals surface area contributed by atoms with Crippen LogP contribution in [0, 0.1) is 0 Å². The first kappa shape index (κ1) is 20.3. The molecule has 4 aromatic rings. The van der Waals surface area contributed by atoms with Crippen LogP contribution in [0.2, 0.25) is 0 Å². The largest absolute Gasteiger partial charge is 0.478 e. The molecule has 0 fully saturated rings. The summed E-state index contributed by atoms with van der Waals surface area (Å²) in [5, 5.41) is 18.4. The number of carboxylic acid groups (broad SMARTS) is 2. The van der Waals surface area contributed by atoms with Crippen molar-refractivity contribution >= 4 is 39.8 Å². The van der Waals surface area contributed by atoms with Gasteiger partial charge in [-0.15, -0.1) is 0 Å². The average Bonchev–Trinajstić information content (AvgIpc) is 3.33. The molecule has 0 radical (unpaired) electrons. The summed E-state index contributed by atoms with van der Waals surface area (Å²) in [5.41, 5.74) is 3.02. The molecule has 6 nitrogen and oxygen atoms in total. The molecule has 6 heteroatoms. The van der Waals surface area contributed by atoms with Gasteiger partial charge >= 0.3 is 11.9 Å². The molecule has 0 spiro atoms. The first-order valence-electron chi connectivity index (χ1n) is 8.36. The van der Waals surface area contributed by atoms with Crippen LogP contribution < -0.4 is 0 Å². The molecule has 0 amide bonds. The lowest BCUT2D eigenvalue weighted by Crippen LogP contribution is -1.85. The van der Waals surface area contributed by atoms with Crippen LogP contribution in [0.15, 0.2) is 85.6 Å². The fourth-order valence-corrected chi connectivity index (χ4v) is 2.34. The third kappa shape index (κ3) is 6.34. The van der Waals surface area contributed by atoms with E-state index in [9.17, 15) is 9.59 Å². The molecule has 2 aromatic heterocycles. The van der Waals surface area contributed by atoms with Crippen molar-refractivity contribution in [1.82, 2.24) is 9.97 Å². The van der Waals surface area contributed by atoms with Crippen LogP contribution in [0.1, 0.15) is 5.69 Å². The number of aliphatic carboxylic acids is 2. The van der Waals surface area contributed by atoms with E-state index in [0.717, 1.165) is 28.7 Å². The van der Waals surface area contributed by atoms with Crippen molar-refractivity contribution in [1.29, 1.82) is 0 Å². The van der Waals surface area contributed by atoms with E-state index in [4.69, 9.17) is 10.2 Å². The van der Waals surface area contributed by atoms with Gasteiger partial charge in [0.1, 0.15) is 0 Å². The van der Waals surface area contributed by atoms with Crippen molar-refractivity contribution in [2.75, 3.05) is 0 Å². The predicted molar refractivity (Wildman–Crippen MR) is 111 cm³/mol. The van der Waals surface area contributed by atoms with Gasteiger partial charge in [-0.2, -0.15) is 0 Å². The topological polar surface area (TPSA) is 106 Å². The number of fused-ring (bicyclic) bond motifs is 2. The highest BCUT2D eigenvalue weighted by molar-refractivity contribution is 5.88. The zero-order valence-corrected chi connectivity index (χ0v) is 15.0. The maximum Gasteiger partial charge on any atom is 0.328 e. The fraction of sp³-hybridized carbons (Fsp3) is 0. The minimum Gasteiger partial charge on any atom is -0.478 e. The smallest absolute Gasteiger partial charge is 0.328 e. The maximum atomic E-state index is 10.3. The molecule has 0 aliphatic rings. The SMILES string of the molecule is C=CC(=O)O.O=C(O)C=Cc1cc2ccccc2[nH]1.c1ccc2[nH]ccc2c1. The number of carboxylic acids is 2. The van der Waals surface area contributed by atoms with Crippen LogP contribution in [0.5, 0.6) is 0 Å². The second-order valence-corrected chi connectivity index (χ2v) is 5.59. The van der Waals surface area contributed by atoms with Gasteiger partial charge in [0.25, 0.3) is 0 Å². The Morgan fingerprint density at radius 1 is 0.857 bits per heavy atom. The second kappa shape index (κ2) is 10.2. The van der Waals surface area contributed by atoms with Crippen LogP contribution in [0.3, 0.4) is 0 Å². The zero-order chi connectivity index (χ0) is 20.4. The standard InChI is InChI=1S/C11H9NO2.C8H7N.C3H4O2/c13-11(14)6-5-9-7-8-3-1-2-4-10(8)12-9;1-2-4-8-7(3-1)5-6-9-8;1-2-3(4)5/h1-7,12H,(H,13,14);1-6,9H;2H,1H2,(H,4,5). The van der Waals surface area contributed by atoms with Crippen LogP contribution in [-0.2, 0) is 9.59 Å². The Morgan fingerprint density at radius 2 is 1.46 bits per heavy atom. The lowest BCUT2D eigenvalue weighted by molar-refractivity contribution is -0.132. The summed E-state index contributed by atoms with van der Waals surface area (Å²) in [5.74, 6) is -1.92. The number of aromatic amines is 2. The second-order valence-electron chi connectivity index (χ2n) is 5.59. The van der Waals surface area contributed by atoms with Crippen molar-refractivity contribution in [2.45, 2.75) is 0 Å². The Kier molecular flexibility index (Phi) is 7.36. The highest BCUT2D eigenvalue weighted by Crippen LogP contribution is 2.15. The third-order valence-electron chi connectivity index (χ3n) is 3.59. The van der Waals surface area contributed by atoms with Gasteiger partial charge in [-0.25, -0.2) is 9.59 Å². The molecule has 0 atom stereocenters. The molecule has 4 N–H and O–H groups in total. The highest BCUT2D eigenvalue weighted by atomic mass is 16.4. The molecule has 0 unspecified atom stereocenters. The predicted octanol–water partition coefficient (Wildman–Crippen LogP) is 4.69. The van der Waals surface area contributed by atoms with E-state index >= 15 is 0 Å². The summed E-state index contributed by atoms with van der Waals surface area (Å²) in [6.45, 7) is 2.96. The molecule has 28 heavy (non-hydrogen) atoms. The highest BCUT2D eigenvalue weighted by Gasteiger charge is 1.96. The van der Waals surface area contributed by atoms with Crippen LogP contribution in [-0.4, -0.2) is 32.1 Å². The normalized spacial score (nSPS) is 10.0. The number of H-pyrrole nitrogens is 2. The summed E-state index contributed by atoms with van der Waals surface area (Å²) in [6, 6.07) is 20.0. The van der Waals surface area contributed by atoms with Crippen molar-refractivity contribution in [3.63, 3.8) is 0 Å². The number of hydrogen-bond acceptors (Lipinski definition) is 2. The monoisotopic (exact) mass is 376 g/mol. The van der Waals surface area contributed by atoms with Gasteiger partial charge in [0.05, 0.1) is 0 Å². The molecule has 0 saturated carbocycles. The van der Waals surface area contributed by atoms with E-state index in [1.165, 1.54) is 10.9 Å². The molecule has 4 rings (SSSR count). The molecule has 142 valence electrons. The number of carbonyl (C=O) groups is 2. The van der Waals surface area contributed by atoms with E-state index < -0.39 is 11.9 Å². The first-order valence-corrected chi connectivity index (χ1v) is 8.36. The Hall–Kier alpha value is -4.06. The van der Waals surface area contributed by atoms with E-state index in [1.54, 1.807) is 6.08 Å². The lowest BCUT2D eigenvalue weighted by Gasteiger charge is -1.84. The molecule has 0 aliphatic carbocycles. The zero-order valence-electron chi connectivity index (χ0n) is 15.0. The minimum atomic E-state index is -0.981. The van der Waals surface area contributed by atoms with Gasteiger partial charge in [-0.3, -0.25) is 0 Å². The molecular weight excluding hydrogens is 356 g/mol. The number of benzene rings is 2. The Bertz CT molecular complexity index is 1040. The number of hydrogen-bond donors (Lipinski definition) is 4. The van der Waals surface area contributed by atoms with Gasteiger partial charge < -0.3 is 20.2 Å². The summed E-state index contributed by atoms with van der Waals surface area (Å²) < 4.78 is 0. The summed E-state index contributed by atoms with van der Waals surface area (Å²) in [4.78, 5) is 25.8. The molecule has 0 aliphatic heterocycles. The first-order chi connectivity index (χ1) is 13.5. The summed E-state index contributed by atoms with van der Waals surface area (Å²) >= 11 is 0. The van der Waals surface area contributed by atoms with Crippen LogP contribution in [0.25, 0.3) is 27.9 Å². The molecule has 2 heterocycles. The lowest BCUT2D eigenvalue weighted by atomic mass is 10.2. The van der Waals surface area contributed by atoms with E-state index in [1.807, 2.05) is 48.7 Å². The van der Waals surface area contributed by atoms with E-state index in [-0.39, 0.29) is 0 Å². The average molecular weight is 376 g/mol. The summed E-state index contributed by atoms with van der Waals surface area (Å²) in [6.07, 6.45) is 5.44. The minimum absolute atomic E-state index is 0.800. The number of aromatic nitrogens is 2. The summed E-state index contributed by atoms with van der Waals surface area (Å²) in [7, 11) is 0. The third-order valence-corrected chi connectivity index (χ3v) is 3.59. The van der Waals surface area contributed by atoms with Crippen LogP contribution in [0.4, 0.5) is 0 Å². The number of para-hydroxylation sites is 2. The van der Waals surface area contributed by atoms with E-state index in [0.29, 0.717) is 0 Å². The van der Waals surface area contributed by atoms with Crippen molar-refractivity contribution in [2.24, 2.45) is 0 Å². The Balaban J connectivity index is 0.000000171. The Morgan fingerprint density at radius 3 is 2.04 bits per heavy atom. The molecule has 0 bridgehead atoms. The van der Waals surface area contributed by atoms with Crippen molar-refractivity contribution in [3.05, 3.63) is 91.3 Å². The van der Waals surface area contributed by atoms with Gasteiger partial charge in [-0.1, -0.05) is 43.0 Å². The number of nitrogens with one attached hydrogen (secondary N) is 2. The number of rotatable bonds is 3. The van der Waals surface area contributed by atoms with Crippen LogP contribution >= 0.6 is 0 Å². The fourth-order valence-electron chi connectivity index (χ4n) is 2.34. The van der Waals surface area contributed by atoms with Gasteiger partial charge in [0.2, 0.25) is 0 Å². The van der Waals surface area contributed by atoms with Gasteiger partial charge in [0, 0.05) is 35.1 Å². The van der Waals surface area contributed by atoms with Crippen molar-refractivity contribution in [3.8, 4) is 0 Å².